The van der Waals surface area contributed by atoms with Gasteiger partial charge in [-0.05, 0) is 28.9 Å². The second kappa shape index (κ2) is 5.43. The predicted molar refractivity (Wildman–Crippen MR) is 70.6 cm³/mol. The number of benzene rings is 1. The van der Waals surface area contributed by atoms with Crippen LogP contribution in [0.2, 0.25) is 0 Å². The van der Waals surface area contributed by atoms with Gasteiger partial charge >= 0.3 is 0 Å². The molecule has 2 rings (SSSR count). The molecule has 0 saturated carbocycles. The number of rotatable bonds is 2. The summed E-state index contributed by atoms with van der Waals surface area (Å²) in [5.41, 5.74) is 0. The summed E-state index contributed by atoms with van der Waals surface area (Å²) in [4.78, 5) is 22.0. The number of piperazine rings is 1. The van der Waals surface area contributed by atoms with Gasteiger partial charge in [-0.1, -0.05) is 0 Å². The highest BCUT2D eigenvalue weighted by molar-refractivity contribution is 9.10. The molecule has 0 aromatic heterocycles. The van der Waals surface area contributed by atoms with Gasteiger partial charge in [-0.25, -0.2) is 17.2 Å². The van der Waals surface area contributed by atoms with Crippen LogP contribution in [-0.4, -0.2) is 37.1 Å². The van der Waals surface area contributed by atoms with Crippen LogP contribution in [-0.2, 0) is 19.6 Å². The number of nitrogens with zero attached hydrogens (tertiary/aromatic N) is 1. The largest absolute Gasteiger partial charge is 0.294 e. The molecule has 0 spiro atoms. The van der Waals surface area contributed by atoms with Crippen molar-refractivity contribution in [1.29, 1.82) is 0 Å². The van der Waals surface area contributed by atoms with Crippen molar-refractivity contribution < 1.29 is 26.8 Å². The van der Waals surface area contributed by atoms with Gasteiger partial charge in [0, 0.05) is 10.5 Å². The predicted octanol–water partition coefficient (Wildman–Crippen LogP) is 0.763. The zero-order chi connectivity index (χ0) is 15.9. The molecular weight excluding hydrogens is 374 g/mol. The van der Waals surface area contributed by atoms with E-state index in [0.29, 0.717) is 10.4 Å². The maximum absolute atomic E-state index is 13.8. The van der Waals surface area contributed by atoms with Crippen molar-refractivity contribution in [1.82, 2.24) is 9.62 Å². The zero-order valence-corrected chi connectivity index (χ0v) is 13.0. The number of carbonyl (C=O) groups excluding carboxylic acids is 2. The average molecular weight is 383 g/mol. The first-order valence-electron chi connectivity index (χ1n) is 5.64. The minimum Gasteiger partial charge on any atom is -0.294 e. The number of halogens is 3. The molecule has 0 aliphatic carbocycles. The van der Waals surface area contributed by atoms with Gasteiger partial charge in [-0.2, -0.15) is 4.31 Å². The zero-order valence-electron chi connectivity index (χ0n) is 10.6. The third kappa shape index (κ3) is 2.83. The molecule has 21 heavy (non-hydrogen) atoms. The molecule has 1 N–H and O–H groups in total. The van der Waals surface area contributed by atoms with Gasteiger partial charge in [0.15, 0.2) is 0 Å². The Kier molecular flexibility index (Phi) is 4.13. The molecule has 0 bridgehead atoms. The second-order valence-corrected chi connectivity index (χ2v) is 7.02. The highest BCUT2D eigenvalue weighted by Gasteiger charge is 2.41. The smallest absolute Gasteiger partial charge is 0.248 e. The Balaban J connectivity index is 2.57. The summed E-state index contributed by atoms with van der Waals surface area (Å²) in [7, 11) is -4.49. The standard InChI is InChI=1S/C11H9BrF2N2O4S/c1-5-11(18)15-9(17)4-16(5)21(19,20)10-7(12)2-6(13)3-8(10)14/h2-3,5H,4H2,1H3,(H,15,17,18). The Morgan fingerprint density at radius 3 is 2.52 bits per heavy atom. The number of amides is 2. The maximum Gasteiger partial charge on any atom is 0.248 e. The van der Waals surface area contributed by atoms with E-state index in [0.717, 1.165) is 6.07 Å². The summed E-state index contributed by atoms with van der Waals surface area (Å²) >= 11 is 2.78. The van der Waals surface area contributed by atoms with Crippen molar-refractivity contribution in [2.24, 2.45) is 0 Å². The molecule has 1 unspecified atom stereocenters. The third-order valence-electron chi connectivity index (χ3n) is 2.90. The van der Waals surface area contributed by atoms with Crippen LogP contribution < -0.4 is 5.32 Å². The molecule has 0 radical (unpaired) electrons. The summed E-state index contributed by atoms with van der Waals surface area (Å²) in [5.74, 6) is -3.90. The van der Waals surface area contributed by atoms with Crippen LogP contribution in [0.1, 0.15) is 6.92 Å². The lowest BCUT2D eigenvalue weighted by atomic mass is 10.2. The monoisotopic (exact) mass is 382 g/mol. The Morgan fingerprint density at radius 1 is 1.33 bits per heavy atom. The van der Waals surface area contributed by atoms with Crippen molar-refractivity contribution in [2.75, 3.05) is 6.54 Å². The van der Waals surface area contributed by atoms with Crippen LogP contribution in [0, 0.1) is 11.6 Å². The van der Waals surface area contributed by atoms with Crippen molar-refractivity contribution in [3.05, 3.63) is 28.2 Å². The Morgan fingerprint density at radius 2 is 1.95 bits per heavy atom. The summed E-state index contributed by atoms with van der Waals surface area (Å²) in [6.07, 6.45) is 0. The molecular formula is C11H9BrF2N2O4S. The molecule has 1 atom stereocenters. The third-order valence-corrected chi connectivity index (χ3v) is 5.78. The van der Waals surface area contributed by atoms with Crippen LogP contribution in [0.15, 0.2) is 21.5 Å². The van der Waals surface area contributed by atoms with E-state index in [1.54, 1.807) is 0 Å². The van der Waals surface area contributed by atoms with Gasteiger partial charge < -0.3 is 0 Å². The number of carbonyl (C=O) groups is 2. The van der Waals surface area contributed by atoms with E-state index in [-0.39, 0.29) is 4.47 Å². The molecule has 1 aliphatic heterocycles. The van der Waals surface area contributed by atoms with Crippen molar-refractivity contribution in [2.45, 2.75) is 17.9 Å². The van der Waals surface area contributed by atoms with Crippen LogP contribution in [0.3, 0.4) is 0 Å². The first-order valence-corrected chi connectivity index (χ1v) is 7.88. The Labute approximate surface area is 127 Å². The van der Waals surface area contributed by atoms with E-state index in [1.807, 2.05) is 5.32 Å². The topological polar surface area (TPSA) is 83.6 Å². The second-order valence-electron chi connectivity index (χ2n) is 4.34. The fourth-order valence-corrected chi connectivity index (χ4v) is 4.54. The molecule has 114 valence electrons. The lowest BCUT2D eigenvalue weighted by molar-refractivity contribution is -0.136. The van der Waals surface area contributed by atoms with Crippen molar-refractivity contribution >= 4 is 37.8 Å². The van der Waals surface area contributed by atoms with Gasteiger partial charge in [-0.15, -0.1) is 0 Å². The highest BCUT2D eigenvalue weighted by atomic mass is 79.9. The number of sulfonamides is 1. The van der Waals surface area contributed by atoms with Gasteiger partial charge in [0.2, 0.25) is 21.8 Å². The van der Waals surface area contributed by atoms with E-state index >= 15 is 0 Å². The summed E-state index contributed by atoms with van der Waals surface area (Å²) in [6, 6.07) is 0.00437. The first kappa shape index (κ1) is 16.0. The fourth-order valence-electron chi connectivity index (χ4n) is 1.88. The summed E-state index contributed by atoms with van der Waals surface area (Å²) in [5, 5.41) is 1.97. The van der Waals surface area contributed by atoms with E-state index in [1.165, 1.54) is 6.92 Å². The summed E-state index contributed by atoms with van der Waals surface area (Å²) in [6.45, 7) is 0.632. The van der Waals surface area contributed by atoms with Crippen LogP contribution >= 0.6 is 15.9 Å². The lowest BCUT2D eigenvalue weighted by Gasteiger charge is -2.30. The molecule has 1 heterocycles. The Hall–Kier alpha value is -1.39. The van der Waals surface area contributed by atoms with Gasteiger partial charge in [0.25, 0.3) is 0 Å². The Bertz CT molecular complexity index is 715. The van der Waals surface area contributed by atoms with E-state index in [2.05, 4.69) is 15.9 Å². The van der Waals surface area contributed by atoms with E-state index in [4.69, 9.17) is 0 Å². The number of nitrogens with one attached hydrogen (secondary N) is 1. The van der Waals surface area contributed by atoms with Crippen LogP contribution in [0.4, 0.5) is 8.78 Å². The molecule has 1 saturated heterocycles. The van der Waals surface area contributed by atoms with Crippen LogP contribution in [0.5, 0.6) is 0 Å². The fraction of sp³-hybridized carbons (Fsp3) is 0.273. The molecule has 1 aromatic carbocycles. The normalized spacial score (nSPS) is 20.5. The number of hydrogen-bond donors (Lipinski definition) is 1. The number of imide groups is 1. The first-order chi connectivity index (χ1) is 9.64. The van der Waals surface area contributed by atoms with Gasteiger partial charge in [0.1, 0.15) is 22.6 Å². The summed E-state index contributed by atoms with van der Waals surface area (Å²) < 4.78 is 52.0. The molecule has 1 aliphatic rings. The quantitative estimate of drug-likeness (QED) is 0.765. The van der Waals surface area contributed by atoms with Crippen molar-refractivity contribution in [3.63, 3.8) is 0 Å². The maximum atomic E-state index is 13.8. The molecule has 1 aromatic rings. The minimum atomic E-state index is -4.49. The molecule has 6 nitrogen and oxygen atoms in total. The molecule has 10 heteroatoms. The van der Waals surface area contributed by atoms with Gasteiger partial charge in [-0.3, -0.25) is 14.9 Å². The van der Waals surface area contributed by atoms with Crippen molar-refractivity contribution in [3.8, 4) is 0 Å². The SMILES string of the molecule is CC1C(=O)NC(=O)CN1S(=O)(=O)c1c(F)cc(F)cc1Br. The lowest BCUT2D eigenvalue weighted by Crippen LogP contribution is -2.58. The minimum absolute atomic E-state index is 0.328. The average Bonchev–Trinajstić information content (AvgIpc) is 2.31. The van der Waals surface area contributed by atoms with Crippen LogP contribution in [0.25, 0.3) is 0 Å². The molecule has 2 amide bonds. The highest BCUT2D eigenvalue weighted by Crippen LogP contribution is 2.30. The van der Waals surface area contributed by atoms with Gasteiger partial charge in [0.05, 0.1) is 6.54 Å². The van der Waals surface area contributed by atoms with E-state index in [9.17, 15) is 26.8 Å². The van der Waals surface area contributed by atoms with E-state index < -0.39 is 51.0 Å². The molecule has 1 fully saturated rings. The number of hydrogen-bond acceptors (Lipinski definition) is 4.